The molecule has 2 atom stereocenters. The van der Waals surface area contributed by atoms with Crippen molar-refractivity contribution in [3.05, 3.63) is 51.3 Å². The molecule has 112 valence electrons. The van der Waals surface area contributed by atoms with Gasteiger partial charge in [-0.1, -0.05) is 40.2 Å². The zero-order valence-corrected chi connectivity index (χ0v) is 15.6. The summed E-state index contributed by atoms with van der Waals surface area (Å²) >= 11 is 7.67. The molecule has 2 nitrogen and oxygen atoms in total. The second kappa shape index (κ2) is 6.25. The van der Waals surface area contributed by atoms with Gasteiger partial charge in [0.2, 0.25) is 0 Å². The normalized spacial score (nSPS) is 21.9. The summed E-state index contributed by atoms with van der Waals surface area (Å²) in [5.74, 6) is 0.611. The van der Waals surface area contributed by atoms with Gasteiger partial charge in [0.1, 0.15) is 0 Å². The van der Waals surface area contributed by atoms with Crippen LogP contribution >= 0.6 is 31.9 Å². The first-order chi connectivity index (χ1) is 10.1. The minimum absolute atomic E-state index is 0.429. The molecule has 0 radical (unpaired) electrons. The van der Waals surface area contributed by atoms with Gasteiger partial charge in [0.15, 0.2) is 0 Å². The number of rotatable bonds is 2. The Hall–Kier alpha value is -0.610. The molecule has 1 aromatic heterocycles. The molecule has 0 N–H and O–H groups in total. The summed E-state index contributed by atoms with van der Waals surface area (Å²) in [7, 11) is 2.04. The first kappa shape index (κ1) is 15.3. The summed E-state index contributed by atoms with van der Waals surface area (Å²) < 4.78 is 3.19. The zero-order valence-electron chi connectivity index (χ0n) is 12.4. The lowest BCUT2D eigenvalue weighted by Gasteiger charge is -2.22. The second-order valence-corrected chi connectivity index (χ2v) is 7.71. The molecule has 3 rings (SSSR count). The van der Waals surface area contributed by atoms with E-state index in [-0.39, 0.29) is 0 Å². The van der Waals surface area contributed by atoms with Gasteiger partial charge in [0, 0.05) is 11.9 Å². The van der Waals surface area contributed by atoms with Gasteiger partial charge in [-0.3, -0.25) is 4.68 Å². The Balaban J connectivity index is 1.89. The summed E-state index contributed by atoms with van der Waals surface area (Å²) in [6.45, 7) is 2.06. The molecule has 1 aliphatic rings. The third-order valence-corrected chi connectivity index (χ3v) is 6.78. The van der Waals surface area contributed by atoms with Crippen molar-refractivity contribution in [2.75, 3.05) is 0 Å². The third kappa shape index (κ3) is 2.98. The van der Waals surface area contributed by atoms with Gasteiger partial charge >= 0.3 is 0 Å². The minimum atomic E-state index is 0.429. The van der Waals surface area contributed by atoms with E-state index in [4.69, 9.17) is 0 Å². The quantitative estimate of drug-likeness (QED) is 0.495. The van der Waals surface area contributed by atoms with Crippen molar-refractivity contribution in [2.24, 2.45) is 13.0 Å². The number of alkyl halides is 1. The largest absolute Gasteiger partial charge is 0.271 e. The van der Waals surface area contributed by atoms with Crippen LogP contribution < -0.4 is 0 Å². The number of nitrogens with zero attached hydrogens (tertiary/aromatic N) is 2. The molecule has 0 saturated heterocycles. The lowest BCUT2D eigenvalue weighted by Crippen LogP contribution is -2.13. The van der Waals surface area contributed by atoms with Crippen LogP contribution in [0.15, 0.2) is 28.7 Å². The number of fused-ring (bicyclic) bond motifs is 1. The Labute approximate surface area is 143 Å². The van der Waals surface area contributed by atoms with Crippen LogP contribution in [0, 0.1) is 12.8 Å². The molecule has 21 heavy (non-hydrogen) atoms. The van der Waals surface area contributed by atoms with E-state index in [1.807, 2.05) is 11.7 Å². The Morgan fingerprint density at radius 3 is 2.81 bits per heavy atom. The maximum atomic E-state index is 4.52. The molecule has 1 heterocycles. The molecular formula is C17H20Br2N2. The van der Waals surface area contributed by atoms with E-state index in [9.17, 15) is 0 Å². The highest BCUT2D eigenvalue weighted by atomic mass is 79.9. The van der Waals surface area contributed by atoms with E-state index in [1.165, 1.54) is 40.6 Å². The highest BCUT2D eigenvalue weighted by Gasteiger charge is 2.27. The standard InChI is InChI=1S/C17H20Br2N2/c1-11-16(18)15(21(2)20-11)10-13-8-5-7-12-6-3-4-9-14(12)17(13)19/h3-4,6,9,13,17H,5,7-8,10H2,1-2H3. The first-order valence-electron chi connectivity index (χ1n) is 7.47. The molecule has 0 fully saturated rings. The monoisotopic (exact) mass is 410 g/mol. The molecular weight excluding hydrogens is 392 g/mol. The van der Waals surface area contributed by atoms with Crippen molar-refractivity contribution in [1.82, 2.24) is 9.78 Å². The summed E-state index contributed by atoms with van der Waals surface area (Å²) in [6, 6.07) is 8.85. The topological polar surface area (TPSA) is 17.8 Å². The smallest absolute Gasteiger partial charge is 0.0738 e. The third-order valence-electron chi connectivity index (χ3n) is 4.50. The van der Waals surface area contributed by atoms with Crippen LogP contribution in [-0.4, -0.2) is 9.78 Å². The van der Waals surface area contributed by atoms with Gasteiger partial charge in [0.05, 0.1) is 15.9 Å². The lowest BCUT2D eigenvalue weighted by molar-refractivity contribution is 0.459. The predicted molar refractivity (Wildman–Crippen MR) is 93.9 cm³/mol. The van der Waals surface area contributed by atoms with Crippen molar-refractivity contribution >= 4 is 31.9 Å². The Kier molecular flexibility index (Phi) is 4.55. The maximum Gasteiger partial charge on any atom is 0.0738 e. The highest BCUT2D eigenvalue weighted by molar-refractivity contribution is 9.10. The molecule has 0 saturated carbocycles. The number of halogens is 2. The van der Waals surface area contributed by atoms with Crippen molar-refractivity contribution in [1.29, 1.82) is 0 Å². The maximum absolute atomic E-state index is 4.52. The Bertz CT molecular complexity index is 648. The predicted octanol–water partition coefficient (Wildman–Crippen LogP) is 5.12. The highest BCUT2D eigenvalue weighted by Crippen LogP contribution is 2.41. The second-order valence-electron chi connectivity index (χ2n) is 5.93. The molecule has 0 bridgehead atoms. The number of benzene rings is 1. The molecule has 1 aliphatic carbocycles. The van der Waals surface area contributed by atoms with Gasteiger partial charge < -0.3 is 0 Å². The van der Waals surface area contributed by atoms with Crippen LogP contribution in [0.4, 0.5) is 0 Å². The number of hydrogen-bond acceptors (Lipinski definition) is 1. The van der Waals surface area contributed by atoms with Gasteiger partial charge in [-0.15, -0.1) is 0 Å². The minimum Gasteiger partial charge on any atom is -0.271 e. The molecule has 2 unspecified atom stereocenters. The van der Waals surface area contributed by atoms with Crippen molar-refractivity contribution in [2.45, 2.75) is 37.4 Å². The van der Waals surface area contributed by atoms with Gasteiger partial charge in [-0.05, 0) is 65.6 Å². The summed E-state index contributed by atoms with van der Waals surface area (Å²) in [4.78, 5) is 0.429. The number of aromatic nitrogens is 2. The van der Waals surface area contributed by atoms with E-state index < -0.39 is 0 Å². The average Bonchev–Trinajstić information content (AvgIpc) is 2.63. The van der Waals surface area contributed by atoms with Crippen LogP contribution in [0.3, 0.4) is 0 Å². The molecule has 0 aliphatic heterocycles. The zero-order chi connectivity index (χ0) is 15.0. The number of aryl methyl sites for hydroxylation is 3. The van der Waals surface area contributed by atoms with E-state index in [1.54, 1.807) is 0 Å². The summed E-state index contributed by atoms with van der Waals surface area (Å²) in [5.41, 5.74) is 5.35. The SMILES string of the molecule is Cc1nn(C)c(CC2CCCc3ccccc3C2Br)c1Br. The van der Waals surface area contributed by atoms with Gasteiger partial charge in [0.25, 0.3) is 0 Å². The number of hydrogen-bond donors (Lipinski definition) is 0. The molecule has 1 aromatic carbocycles. The van der Waals surface area contributed by atoms with Crippen LogP contribution in [0.2, 0.25) is 0 Å². The fraction of sp³-hybridized carbons (Fsp3) is 0.471. The first-order valence-corrected chi connectivity index (χ1v) is 9.18. The van der Waals surface area contributed by atoms with Crippen LogP contribution in [0.1, 0.15) is 40.2 Å². The molecule has 2 aromatic rings. The van der Waals surface area contributed by atoms with Crippen LogP contribution in [-0.2, 0) is 19.9 Å². The fourth-order valence-corrected chi connectivity index (χ4v) is 4.74. The van der Waals surface area contributed by atoms with Crippen molar-refractivity contribution in [3.63, 3.8) is 0 Å². The van der Waals surface area contributed by atoms with Crippen molar-refractivity contribution in [3.8, 4) is 0 Å². The van der Waals surface area contributed by atoms with Gasteiger partial charge in [-0.25, -0.2) is 0 Å². The van der Waals surface area contributed by atoms with Crippen LogP contribution in [0.5, 0.6) is 0 Å². The molecule has 0 amide bonds. The van der Waals surface area contributed by atoms with E-state index in [2.05, 4.69) is 68.1 Å². The van der Waals surface area contributed by atoms with E-state index >= 15 is 0 Å². The van der Waals surface area contributed by atoms with E-state index in [0.717, 1.165) is 12.1 Å². The summed E-state index contributed by atoms with van der Waals surface area (Å²) in [5, 5.41) is 4.52. The van der Waals surface area contributed by atoms with Crippen LogP contribution in [0.25, 0.3) is 0 Å². The summed E-state index contributed by atoms with van der Waals surface area (Å²) in [6.07, 6.45) is 4.77. The average molecular weight is 412 g/mol. The molecule has 0 spiro atoms. The Morgan fingerprint density at radius 2 is 2.10 bits per heavy atom. The molecule has 4 heteroatoms. The fourth-order valence-electron chi connectivity index (χ4n) is 3.34. The lowest BCUT2D eigenvalue weighted by atomic mass is 9.92. The van der Waals surface area contributed by atoms with E-state index in [0.29, 0.717) is 10.7 Å². The van der Waals surface area contributed by atoms with Gasteiger partial charge in [-0.2, -0.15) is 5.10 Å². The Morgan fingerprint density at radius 1 is 1.33 bits per heavy atom. The van der Waals surface area contributed by atoms with Crippen molar-refractivity contribution < 1.29 is 0 Å².